The number of nitrogens with zero attached hydrogens (tertiary/aromatic N) is 4. The minimum absolute atomic E-state index is 0.228. The number of carbonyl (C=O) groups excluding carboxylic acids is 1. The summed E-state index contributed by atoms with van der Waals surface area (Å²) in [7, 11) is 1.49. The summed E-state index contributed by atoms with van der Waals surface area (Å²) >= 11 is 0. The summed E-state index contributed by atoms with van der Waals surface area (Å²) in [5.74, 6) is 0.0504. The fourth-order valence-electron chi connectivity index (χ4n) is 1.42. The lowest BCUT2D eigenvalue weighted by molar-refractivity contribution is 0.0944. The molecule has 2 aromatic heterocycles. The maximum absolute atomic E-state index is 11.8. The van der Waals surface area contributed by atoms with Crippen LogP contribution in [0.4, 0.5) is 0 Å². The van der Waals surface area contributed by atoms with Crippen molar-refractivity contribution in [3.8, 4) is 5.88 Å². The Hall–Kier alpha value is -2.57. The third-order valence-electron chi connectivity index (χ3n) is 2.37. The highest BCUT2D eigenvalue weighted by atomic mass is 16.5. The van der Waals surface area contributed by atoms with Crippen molar-refractivity contribution in [1.29, 1.82) is 0 Å². The van der Waals surface area contributed by atoms with Gasteiger partial charge in [0.2, 0.25) is 5.88 Å². The van der Waals surface area contributed by atoms with Gasteiger partial charge in [-0.2, -0.15) is 0 Å². The normalized spacial score (nSPS) is 10.0. The van der Waals surface area contributed by atoms with Gasteiger partial charge in [-0.15, -0.1) is 10.2 Å². The van der Waals surface area contributed by atoms with Crippen molar-refractivity contribution >= 4 is 5.91 Å². The third kappa shape index (κ3) is 3.44. The van der Waals surface area contributed by atoms with E-state index in [1.165, 1.54) is 13.4 Å². The second kappa shape index (κ2) is 5.85. The van der Waals surface area contributed by atoms with Crippen LogP contribution in [0.2, 0.25) is 0 Å². The smallest absolute Gasteiger partial charge is 0.272 e. The van der Waals surface area contributed by atoms with Gasteiger partial charge >= 0.3 is 0 Å². The first kappa shape index (κ1) is 12.9. The molecule has 0 atom stereocenters. The number of nitrogens with one attached hydrogen (secondary N) is 1. The van der Waals surface area contributed by atoms with E-state index in [-0.39, 0.29) is 11.6 Å². The molecule has 0 bridgehead atoms. The van der Waals surface area contributed by atoms with Gasteiger partial charge in [-0.05, 0) is 19.1 Å². The maximum Gasteiger partial charge on any atom is 0.272 e. The first-order valence-electron chi connectivity index (χ1n) is 5.62. The number of carbonyl (C=O) groups is 1. The lowest BCUT2D eigenvalue weighted by Crippen LogP contribution is -2.24. The molecule has 0 radical (unpaired) electrons. The Morgan fingerprint density at radius 3 is 2.79 bits per heavy atom. The van der Waals surface area contributed by atoms with Crippen molar-refractivity contribution in [3.63, 3.8) is 0 Å². The van der Waals surface area contributed by atoms with Gasteiger partial charge in [0, 0.05) is 11.8 Å². The molecule has 7 heteroatoms. The van der Waals surface area contributed by atoms with Crippen LogP contribution in [-0.4, -0.2) is 33.2 Å². The van der Waals surface area contributed by atoms with Gasteiger partial charge in [-0.1, -0.05) is 0 Å². The molecule has 0 spiro atoms. The number of hydrogen-bond acceptors (Lipinski definition) is 6. The maximum atomic E-state index is 11.8. The number of aryl methyl sites for hydroxylation is 1. The predicted molar refractivity (Wildman–Crippen MR) is 66.5 cm³/mol. The van der Waals surface area contributed by atoms with Gasteiger partial charge in [-0.25, -0.2) is 9.97 Å². The molecule has 0 saturated carbocycles. The van der Waals surface area contributed by atoms with Crippen LogP contribution >= 0.6 is 0 Å². The van der Waals surface area contributed by atoms with Gasteiger partial charge in [0.1, 0.15) is 6.33 Å². The largest absolute Gasteiger partial charge is 0.480 e. The number of amides is 1. The summed E-state index contributed by atoms with van der Waals surface area (Å²) in [5.41, 5.74) is 1.82. The second-order valence-corrected chi connectivity index (χ2v) is 3.79. The van der Waals surface area contributed by atoms with E-state index in [4.69, 9.17) is 4.74 Å². The Bertz CT molecular complexity index is 571. The highest BCUT2D eigenvalue weighted by Gasteiger charge is 2.08. The van der Waals surface area contributed by atoms with E-state index in [2.05, 4.69) is 25.5 Å². The Morgan fingerprint density at radius 1 is 1.32 bits per heavy atom. The van der Waals surface area contributed by atoms with Crippen molar-refractivity contribution in [2.45, 2.75) is 13.5 Å². The molecule has 0 aliphatic rings. The number of ether oxygens (including phenoxy) is 1. The van der Waals surface area contributed by atoms with Crippen LogP contribution in [0.5, 0.6) is 5.88 Å². The first-order valence-corrected chi connectivity index (χ1v) is 5.62. The van der Waals surface area contributed by atoms with Crippen LogP contribution in [0.3, 0.4) is 0 Å². The van der Waals surface area contributed by atoms with Gasteiger partial charge in [0.15, 0.2) is 5.69 Å². The van der Waals surface area contributed by atoms with Crippen molar-refractivity contribution in [3.05, 3.63) is 41.6 Å². The molecular formula is C12H13N5O2. The van der Waals surface area contributed by atoms with Crippen molar-refractivity contribution in [2.24, 2.45) is 0 Å². The van der Waals surface area contributed by atoms with Crippen LogP contribution in [0.25, 0.3) is 0 Å². The number of rotatable bonds is 4. The van der Waals surface area contributed by atoms with E-state index >= 15 is 0 Å². The topological polar surface area (TPSA) is 89.9 Å². The summed E-state index contributed by atoms with van der Waals surface area (Å²) in [6, 6.07) is 4.93. The summed E-state index contributed by atoms with van der Waals surface area (Å²) in [4.78, 5) is 19.8. The average Bonchev–Trinajstić information content (AvgIpc) is 2.45. The average molecular weight is 259 g/mol. The Morgan fingerprint density at radius 2 is 2.16 bits per heavy atom. The Balaban J connectivity index is 1.97. The van der Waals surface area contributed by atoms with Crippen molar-refractivity contribution in [2.75, 3.05) is 7.11 Å². The number of aromatic nitrogens is 4. The first-order chi connectivity index (χ1) is 9.19. The summed E-state index contributed by atoms with van der Waals surface area (Å²) in [6.07, 6.45) is 1.46. The standard InChI is InChI=1S/C12H13N5O2/c1-8-5-9(15-7-14-8)6-13-12(18)10-3-4-11(19-2)17-16-10/h3-5,7H,6H2,1-2H3,(H,13,18). The molecule has 98 valence electrons. The molecule has 0 aliphatic carbocycles. The van der Waals surface area contributed by atoms with Gasteiger partial charge < -0.3 is 10.1 Å². The summed E-state index contributed by atoms with van der Waals surface area (Å²) < 4.78 is 4.87. The molecular weight excluding hydrogens is 246 g/mol. The third-order valence-corrected chi connectivity index (χ3v) is 2.37. The number of methoxy groups -OCH3 is 1. The minimum atomic E-state index is -0.314. The quantitative estimate of drug-likeness (QED) is 0.860. The highest BCUT2D eigenvalue weighted by Crippen LogP contribution is 2.03. The minimum Gasteiger partial charge on any atom is -0.480 e. The summed E-state index contributed by atoms with van der Waals surface area (Å²) in [5, 5.41) is 10.2. The lowest BCUT2D eigenvalue weighted by Gasteiger charge is -2.04. The van der Waals surface area contributed by atoms with E-state index < -0.39 is 0 Å². The van der Waals surface area contributed by atoms with Crippen molar-refractivity contribution < 1.29 is 9.53 Å². The molecule has 0 aromatic carbocycles. The van der Waals surface area contributed by atoms with Crippen LogP contribution in [-0.2, 0) is 6.54 Å². The highest BCUT2D eigenvalue weighted by molar-refractivity contribution is 5.91. The number of hydrogen-bond donors (Lipinski definition) is 1. The van der Waals surface area contributed by atoms with E-state index in [0.717, 1.165) is 11.4 Å². The van der Waals surface area contributed by atoms with Crippen LogP contribution in [0, 0.1) is 6.92 Å². The molecule has 2 heterocycles. The molecule has 0 aliphatic heterocycles. The Kier molecular flexibility index (Phi) is 3.97. The summed E-state index contributed by atoms with van der Waals surface area (Å²) in [6.45, 7) is 2.18. The van der Waals surface area contributed by atoms with Crippen LogP contribution in [0.15, 0.2) is 24.5 Å². The molecule has 0 saturated heterocycles. The van der Waals surface area contributed by atoms with E-state index in [9.17, 15) is 4.79 Å². The van der Waals surface area contributed by atoms with E-state index in [0.29, 0.717) is 12.4 Å². The second-order valence-electron chi connectivity index (χ2n) is 3.79. The van der Waals surface area contributed by atoms with Gasteiger partial charge in [0.25, 0.3) is 5.91 Å². The van der Waals surface area contributed by atoms with Crippen LogP contribution < -0.4 is 10.1 Å². The Labute approximate surface area is 110 Å². The monoisotopic (exact) mass is 259 g/mol. The molecule has 2 aromatic rings. The molecule has 1 N–H and O–H groups in total. The van der Waals surface area contributed by atoms with Crippen molar-refractivity contribution in [1.82, 2.24) is 25.5 Å². The molecule has 0 unspecified atom stereocenters. The zero-order valence-electron chi connectivity index (χ0n) is 10.6. The van der Waals surface area contributed by atoms with Gasteiger partial charge in [0.05, 0.1) is 19.3 Å². The molecule has 19 heavy (non-hydrogen) atoms. The predicted octanol–water partition coefficient (Wildman–Crippen LogP) is 0.514. The molecule has 7 nitrogen and oxygen atoms in total. The SMILES string of the molecule is COc1ccc(C(=O)NCc2cc(C)ncn2)nn1. The van der Waals surface area contributed by atoms with Gasteiger partial charge in [-0.3, -0.25) is 4.79 Å². The molecule has 0 fully saturated rings. The van der Waals surface area contributed by atoms with Crippen LogP contribution in [0.1, 0.15) is 21.9 Å². The van der Waals surface area contributed by atoms with E-state index in [1.807, 2.05) is 6.92 Å². The zero-order chi connectivity index (χ0) is 13.7. The fourth-order valence-corrected chi connectivity index (χ4v) is 1.42. The lowest BCUT2D eigenvalue weighted by atomic mass is 10.3. The fraction of sp³-hybridized carbons (Fsp3) is 0.250. The van der Waals surface area contributed by atoms with E-state index in [1.54, 1.807) is 18.2 Å². The molecule has 1 amide bonds. The molecule has 2 rings (SSSR count). The zero-order valence-corrected chi connectivity index (χ0v) is 10.6.